The lowest BCUT2D eigenvalue weighted by atomic mass is 10.3. The van der Waals surface area contributed by atoms with E-state index in [-0.39, 0.29) is 11.3 Å². The van der Waals surface area contributed by atoms with Crippen LogP contribution < -0.4 is 11.1 Å². The number of nitrogens with two attached hydrogens (primary N) is 1. The van der Waals surface area contributed by atoms with Crippen molar-refractivity contribution in [2.24, 2.45) is 0 Å². The number of hydrogen-bond acceptors (Lipinski definition) is 7. The van der Waals surface area contributed by atoms with E-state index in [1.54, 1.807) is 12.1 Å². The van der Waals surface area contributed by atoms with E-state index in [1.807, 2.05) is 0 Å². The third-order valence-corrected chi connectivity index (χ3v) is 3.46. The molecule has 6 nitrogen and oxygen atoms in total. The molecule has 3 N–H and O–H groups in total. The molecular weight excluding hydrogens is 279 g/mol. The molecule has 0 atom stereocenters. The molecule has 2 aromatic heterocycles. The van der Waals surface area contributed by atoms with Gasteiger partial charge in [-0.05, 0) is 12.1 Å². The molecule has 1 aromatic carbocycles. The number of aromatic nitrogens is 4. The Hall–Kier alpha value is -2.35. The highest BCUT2D eigenvalue weighted by Gasteiger charge is 2.05. The van der Waals surface area contributed by atoms with E-state index in [2.05, 4.69) is 25.5 Å². The van der Waals surface area contributed by atoms with Gasteiger partial charge in [0.05, 0.1) is 11.7 Å². The number of fused-ring (bicyclic) bond motifs is 1. The van der Waals surface area contributed by atoms with E-state index in [9.17, 15) is 4.39 Å². The first-order valence-electron chi connectivity index (χ1n) is 5.95. The summed E-state index contributed by atoms with van der Waals surface area (Å²) in [5.41, 5.74) is 6.30. The molecular formula is C12H11FN6S. The number of anilines is 2. The quantitative estimate of drug-likeness (QED) is 0.762. The molecule has 0 aliphatic heterocycles. The summed E-state index contributed by atoms with van der Waals surface area (Å²) < 4.78 is 13.4. The zero-order valence-electron chi connectivity index (χ0n) is 10.4. The van der Waals surface area contributed by atoms with Crippen molar-refractivity contribution in [1.29, 1.82) is 0 Å². The molecule has 0 aliphatic rings. The minimum absolute atomic E-state index is 0.273. The lowest BCUT2D eigenvalue weighted by Gasteiger charge is -2.05. The fourth-order valence-corrected chi connectivity index (χ4v) is 2.37. The Morgan fingerprint density at radius 1 is 1.30 bits per heavy atom. The first-order valence-corrected chi connectivity index (χ1v) is 6.77. The van der Waals surface area contributed by atoms with Crippen molar-refractivity contribution in [3.63, 3.8) is 0 Å². The molecule has 0 spiro atoms. The maximum atomic E-state index is 13.4. The number of nitrogens with one attached hydrogen (secondary N) is 1. The maximum Gasteiger partial charge on any atom is 0.203 e. The second kappa shape index (κ2) is 5.33. The molecule has 8 heteroatoms. The van der Waals surface area contributed by atoms with Crippen molar-refractivity contribution in [2.75, 3.05) is 17.6 Å². The van der Waals surface area contributed by atoms with Gasteiger partial charge in [0.2, 0.25) is 5.13 Å². The fourth-order valence-electron chi connectivity index (χ4n) is 1.76. The van der Waals surface area contributed by atoms with Gasteiger partial charge in [0.25, 0.3) is 0 Å². The smallest absolute Gasteiger partial charge is 0.203 e. The van der Waals surface area contributed by atoms with Crippen LogP contribution in [0.25, 0.3) is 11.0 Å². The third-order valence-electron chi connectivity index (χ3n) is 2.65. The number of para-hydroxylation sites is 1. The average molecular weight is 290 g/mol. The normalized spacial score (nSPS) is 10.8. The molecule has 0 saturated heterocycles. The zero-order valence-corrected chi connectivity index (χ0v) is 11.2. The second-order valence-corrected chi connectivity index (χ2v) is 5.17. The van der Waals surface area contributed by atoms with E-state index in [1.165, 1.54) is 23.6 Å². The van der Waals surface area contributed by atoms with E-state index >= 15 is 0 Å². The van der Waals surface area contributed by atoms with Gasteiger partial charge < -0.3 is 11.1 Å². The first-order chi connectivity index (χ1) is 9.72. The molecule has 0 fully saturated rings. The highest BCUT2D eigenvalue weighted by molar-refractivity contribution is 7.15. The predicted octanol–water partition coefficient (Wildman–Crippen LogP) is 1.86. The molecule has 102 valence electrons. The maximum absolute atomic E-state index is 13.4. The Balaban J connectivity index is 1.68. The van der Waals surface area contributed by atoms with Crippen LogP contribution in [0.4, 0.5) is 15.3 Å². The fraction of sp³-hybridized carbons (Fsp3) is 0.167. The van der Waals surface area contributed by atoms with Crippen LogP contribution in [0, 0.1) is 5.82 Å². The van der Waals surface area contributed by atoms with E-state index in [0.717, 1.165) is 5.01 Å². The Bertz CT molecular complexity index is 744. The number of nitrogen functional groups attached to an aromatic ring is 1. The Morgan fingerprint density at radius 2 is 2.20 bits per heavy atom. The van der Waals surface area contributed by atoms with Crippen LogP contribution in [0.15, 0.2) is 24.4 Å². The van der Waals surface area contributed by atoms with Crippen molar-refractivity contribution in [1.82, 2.24) is 20.2 Å². The minimum atomic E-state index is -0.370. The van der Waals surface area contributed by atoms with Gasteiger partial charge in [0.1, 0.15) is 16.3 Å². The molecule has 3 rings (SSSR count). The first kappa shape index (κ1) is 12.7. The van der Waals surface area contributed by atoms with Crippen LogP contribution in [-0.2, 0) is 6.42 Å². The van der Waals surface area contributed by atoms with Crippen molar-refractivity contribution < 1.29 is 4.39 Å². The topological polar surface area (TPSA) is 89.6 Å². The number of halogens is 1. The van der Waals surface area contributed by atoms with E-state index < -0.39 is 0 Å². The lowest BCUT2D eigenvalue weighted by molar-refractivity contribution is 0.636. The van der Waals surface area contributed by atoms with Crippen LogP contribution in [0.5, 0.6) is 0 Å². The molecule has 0 bridgehead atoms. The van der Waals surface area contributed by atoms with Crippen LogP contribution in [0.3, 0.4) is 0 Å². The number of benzene rings is 1. The van der Waals surface area contributed by atoms with Gasteiger partial charge in [-0.1, -0.05) is 17.4 Å². The Kier molecular flexibility index (Phi) is 3.38. The molecule has 0 saturated carbocycles. The zero-order chi connectivity index (χ0) is 13.9. The summed E-state index contributed by atoms with van der Waals surface area (Å²) in [6.45, 7) is 0.629. The molecule has 3 aromatic rings. The summed E-state index contributed by atoms with van der Waals surface area (Å²) in [6, 6.07) is 4.70. The van der Waals surface area contributed by atoms with Crippen molar-refractivity contribution in [3.05, 3.63) is 35.2 Å². The Morgan fingerprint density at radius 3 is 3.00 bits per heavy atom. The van der Waals surface area contributed by atoms with Gasteiger partial charge in [0.15, 0.2) is 5.82 Å². The van der Waals surface area contributed by atoms with Gasteiger partial charge in [-0.3, -0.25) is 0 Å². The summed E-state index contributed by atoms with van der Waals surface area (Å²) in [6.07, 6.45) is 2.21. The summed E-state index contributed by atoms with van der Waals surface area (Å²) in [4.78, 5) is 8.37. The molecule has 0 aliphatic carbocycles. The van der Waals surface area contributed by atoms with Crippen molar-refractivity contribution >= 4 is 33.3 Å². The van der Waals surface area contributed by atoms with Gasteiger partial charge in [0, 0.05) is 13.0 Å². The average Bonchev–Trinajstić information content (AvgIpc) is 2.85. The summed E-state index contributed by atoms with van der Waals surface area (Å²) in [5.74, 6) is 0.228. The summed E-state index contributed by atoms with van der Waals surface area (Å²) in [5, 5.41) is 12.1. The molecule has 2 heterocycles. The van der Waals surface area contributed by atoms with Gasteiger partial charge in [-0.25, -0.2) is 14.4 Å². The monoisotopic (exact) mass is 290 g/mol. The van der Waals surface area contributed by atoms with Crippen LogP contribution in [0.1, 0.15) is 5.01 Å². The third kappa shape index (κ3) is 2.64. The van der Waals surface area contributed by atoms with Crippen LogP contribution >= 0.6 is 11.3 Å². The number of hydrogen-bond donors (Lipinski definition) is 2. The standard InChI is InChI=1S/C12H11FN6S/c13-7-2-1-3-8-11(7)16-6-9(17-8)15-5-4-10-18-19-12(14)20-10/h1-3,6H,4-5H2,(H2,14,19)(H,15,17). The largest absolute Gasteiger partial charge is 0.374 e. The second-order valence-electron chi connectivity index (χ2n) is 4.07. The predicted molar refractivity (Wildman–Crippen MR) is 76.0 cm³/mol. The van der Waals surface area contributed by atoms with E-state index in [0.29, 0.717) is 29.4 Å². The molecule has 20 heavy (non-hydrogen) atoms. The van der Waals surface area contributed by atoms with Gasteiger partial charge in [-0.15, -0.1) is 10.2 Å². The highest BCUT2D eigenvalue weighted by Crippen LogP contribution is 2.15. The molecule has 0 radical (unpaired) electrons. The lowest BCUT2D eigenvalue weighted by Crippen LogP contribution is -2.06. The Labute approximate surface area is 117 Å². The van der Waals surface area contributed by atoms with Gasteiger partial charge >= 0.3 is 0 Å². The summed E-state index contributed by atoms with van der Waals surface area (Å²) >= 11 is 1.36. The summed E-state index contributed by atoms with van der Waals surface area (Å²) in [7, 11) is 0. The number of nitrogens with zero attached hydrogens (tertiary/aromatic N) is 4. The molecule has 0 unspecified atom stereocenters. The minimum Gasteiger partial charge on any atom is -0.374 e. The van der Waals surface area contributed by atoms with Crippen molar-refractivity contribution in [2.45, 2.75) is 6.42 Å². The number of rotatable bonds is 4. The van der Waals surface area contributed by atoms with Crippen LogP contribution in [-0.4, -0.2) is 26.7 Å². The van der Waals surface area contributed by atoms with Gasteiger partial charge in [-0.2, -0.15) is 0 Å². The van der Waals surface area contributed by atoms with Crippen LogP contribution in [0.2, 0.25) is 0 Å². The SMILES string of the molecule is Nc1nnc(CCNc2cnc3c(F)cccc3n2)s1. The highest BCUT2D eigenvalue weighted by atomic mass is 32.1. The molecule has 0 amide bonds. The van der Waals surface area contributed by atoms with E-state index in [4.69, 9.17) is 5.73 Å². The van der Waals surface area contributed by atoms with Crippen molar-refractivity contribution in [3.8, 4) is 0 Å².